The summed E-state index contributed by atoms with van der Waals surface area (Å²) in [6, 6.07) is 2.17. The van der Waals surface area contributed by atoms with Crippen molar-refractivity contribution in [3.05, 3.63) is 45.2 Å². The van der Waals surface area contributed by atoms with Gasteiger partial charge < -0.3 is 4.90 Å². The molecule has 30 heavy (non-hydrogen) atoms. The van der Waals surface area contributed by atoms with Crippen molar-refractivity contribution in [2.45, 2.75) is 43.9 Å². The molecule has 3 aromatic heterocycles. The van der Waals surface area contributed by atoms with Crippen LogP contribution in [0, 0.1) is 8.99 Å². The lowest BCUT2D eigenvalue weighted by Gasteiger charge is -2.46. The fraction of sp³-hybridized carbons (Fsp3) is 0.500. The summed E-state index contributed by atoms with van der Waals surface area (Å²) in [6.45, 7) is 5.89. The Hall–Kier alpha value is -1.66. The average Bonchev–Trinajstić information content (AvgIpc) is 3.33. The van der Waals surface area contributed by atoms with Crippen LogP contribution in [0.25, 0.3) is 5.65 Å². The van der Waals surface area contributed by atoms with Crippen LogP contribution in [0.15, 0.2) is 24.8 Å². The standard InChI is InChI=1S/C20H22IN7OS/c1-19(2)12-3-6-22-14-9-20(16(15(12)14)26-30(19)29)4-7-27(8-5-20)18-23-10-13(21)17-25-24-11-28(17)18/h3,6,10-11,16,26H,4-5,7-9H2,1-2H3/t16-,30?/m1/s1. The van der Waals surface area contributed by atoms with Gasteiger partial charge in [0.2, 0.25) is 5.95 Å². The van der Waals surface area contributed by atoms with E-state index in [0.717, 1.165) is 47.5 Å². The Kier molecular flexibility index (Phi) is 4.08. The van der Waals surface area contributed by atoms with Crippen molar-refractivity contribution in [3.63, 3.8) is 0 Å². The summed E-state index contributed by atoms with van der Waals surface area (Å²) in [5, 5.41) is 8.29. The van der Waals surface area contributed by atoms with Gasteiger partial charge >= 0.3 is 0 Å². The number of halogens is 1. The smallest absolute Gasteiger partial charge is 0.212 e. The molecule has 8 nitrogen and oxygen atoms in total. The van der Waals surface area contributed by atoms with Crippen molar-refractivity contribution < 1.29 is 4.21 Å². The molecule has 3 aliphatic rings. The van der Waals surface area contributed by atoms with Crippen molar-refractivity contribution in [2.24, 2.45) is 5.41 Å². The van der Waals surface area contributed by atoms with E-state index in [2.05, 4.69) is 67.3 Å². The summed E-state index contributed by atoms with van der Waals surface area (Å²) >= 11 is 2.24. The monoisotopic (exact) mass is 535 g/mol. The highest BCUT2D eigenvalue weighted by molar-refractivity contribution is 14.1. The molecule has 6 rings (SSSR count). The first-order valence-corrected chi connectivity index (χ1v) is 12.4. The van der Waals surface area contributed by atoms with Crippen LogP contribution in [0.5, 0.6) is 0 Å². The van der Waals surface area contributed by atoms with Gasteiger partial charge in [-0.1, -0.05) is 0 Å². The molecule has 2 aliphatic heterocycles. The minimum atomic E-state index is -1.12. The van der Waals surface area contributed by atoms with Gasteiger partial charge in [-0.05, 0) is 78.3 Å². The molecular weight excluding hydrogens is 513 g/mol. The first-order valence-electron chi connectivity index (χ1n) is 10.2. The molecule has 0 bridgehead atoms. The van der Waals surface area contributed by atoms with Gasteiger partial charge in [0.1, 0.15) is 17.3 Å². The Bertz CT molecular complexity index is 1200. The van der Waals surface area contributed by atoms with Gasteiger partial charge in [-0.3, -0.25) is 9.38 Å². The van der Waals surface area contributed by atoms with Crippen LogP contribution in [0.2, 0.25) is 0 Å². The molecule has 10 heteroatoms. The highest BCUT2D eigenvalue weighted by Crippen LogP contribution is 2.56. The highest BCUT2D eigenvalue weighted by atomic mass is 127. The molecular formula is C20H22IN7OS. The quantitative estimate of drug-likeness (QED) is 0.482. The number of nitrogens with zero attached hydrogens (tertiary/aromatic N) is 6. The maximum Gasteiger partial charge on any atom is 0.212 e. The lowest BCUT2D eigenvalue weighted by atomic mass is 9.72. The summed E-state index contributed by atoms with van der Waals surface area (Å²) in [5.74, 6) is 0.890. The number of fused-ring (bicyclic) bond motifs is 2. The molecule has 0 aromatic carbocycles. The van der Waals surface area contributed by atoms with Gasteiger partial charge in [-0.25, -0.2) is 13.9 Å². The first-order chi connectivity index (χ1) is 14.4. The lowest BCUT2D eigenvalue weighted by Crippen LogP contribution is -2.50. The second kappa shape index (κ2) is 6.42. The van der Waals surface area contributed by atoms with Crippen LogP contribution in [-0.2, 0) is 22.2 Å². The van der Waals surface area contributed by atoms with Gasteiger partial charge in [0, 0.05) is 31.2 Å². The molecule has 3 aromatic rings. The molecule has 0 saturated carbocycles. The van der Waals surface area contributed by atoms with E-state index in [9.17, 15) is 4.21 Å². The second-order valence-electron chi connectivity index (χ2n) is 9.01. The van der Waals surface area contributed by atoms with Crippen molar-refractivity contribution in [1.29, 1.82) is 0 Å². The van der Waals surface area contributed by atoms with Crippen LogP contribution in [-0.4, -0.2) is 41.9 Å². The van der Waals surface area contributed by atoms with E-state index < -0.39 is 15.7 Å². The second-order valence-corrected chi connectivity index (χ2v) is 12.0. The number of anilines is 1. The zero-order valence-corrected chi connectivity index (χ0v) is 19.8. The number of pyridine rings is 1. The van der Waals surface area contributed by atoms with Gasteiger partial charge in [-0.15, -0.1) is 10.2 Å². The summed E-state index contributed by atoms with van der Waals surface area (Å²) < 4.78 is 19.1. The van der Waals surface area contributed by atoms with E-state index in [4.69, 9.17) is 4.98 Å². The Balaban J connectivity index is 1.34. The number of piperidine rings is 1. The van der Waals surface area contributed by atoms with Crippen LogP contribution >= 0.6 is 22.6 Å². The molecule has 1 saturated heterocycles. The minimum Gasteiger partial charge on any atom is -0.342 e. The highest BCUT2D eigenvalue weighted by Gasteiger charge is 2.54. The van der Waals surface area contributed by atoms with Gasteiger partial charge in [0.15, 0.2) is 5.65 Å². The third kappa shape index (κ3) is 2.49. The number of hydrogen-bond donors (Lipinski definition) is 1. The molecule has 1 N–H and O–H groups in total. The van der Waals surface area contributed by atoms with Crippen LogP contribution < -0.4 is 9.62 Å². The van der Waals surface area contributed by atoms with E-state index in [1.165, 1.54) is 16.8 Å². The Morgan fingerprint density at radius 3 is 2.87 bits per heavy atom. The van der Waals surface area contributed by atoms with Crippen molar-refractivity contribution in [1.82, 2.24) is 29.3 Å². The summed E-state index contributed by atoms with van der Waals surface area (Å²) in [6.07, 6.45) is 8.42. The summed E-state index contributed by atoms with van der Waals surface area (Å²) in [4.78, 5) is 11.7. The number of aromatic nitrogens is 5. The zero-order valence-electron chi connectivity index (χ0n) is 16.8. The van der Waals surface area contributed by atoms with Gasteiger partial charge in [-0.2, -0.15) is 0 Å². The fourth-order valence-corrected chi connectivity index (χ4v) is 7.18. The summed E-state index contributed by atoms with van der Waals surface area (Å²) in [5.41, 5.74) is 4.55. The van der Waals surface area contributed by atoms with E-state index in [1.807, 2.05) is 16.8 Å². The lowest BCUT2D eigenvalue weighted by molar-refractivity contribution is 0.174. The molecule has 0 amide bonds. The molecule has 2 atom stereocenters. The minimum absolute atomic E-state index is 0.0452. The molecule has 1 fully saturated rings. The molecule has 5 heterocycles. The molecule has 0 radical (unpaired) electrons. The van der Waals surface area contributed by atoms with Crippen LogP contribution in [0.1, 0.15) is 49.6 Å². The first kappa shape index (κ1) is 19.1. The van der Waals surface area contributed by atoms with Crippen LogP contribution in [0.4, 0.5) is 5.95 Å². The predicted octanol–water partition coefficient (Wildman–Crippen LogP) is 2.51. The zero-order chi connectivity index (χ0) is 20.7. The number of hydrogen-bond acceptors (Lipinski definition) is 6. The third-order valence-electron chi connectivity index (χ3n) is 7.14. The predicted molar refractivity (Wildman–Crippen MR) is 122 cm³/mol. The van der Waals surface area contributed by atoms with E-state index in [1.54, 1.807) is 6.33 Å². The maximum atomic E-state index is 13.1. The average molecular weight is 535 g/mol. The van der Waals surface area contributed by atoms with Gasteiger partial charge in [0.25, 0.3) is 0 Å². The van der Waals surface area contributed by atoms with Crippen molar-refractivity contribution in [3.8, 4) is 0 Å². The van der Waals surface area contributed by atoms with Crippen LogP contribution in [0.3, 0.4) is 0 Å². The fourth-order valence-electron chi connectivity index (χ4n) is 5.41. The third-order valence-corrected chi connectivity index (χ3v) is 9.50. The SMILES string of the molecule is CC1(C)c2ccnc3c2[C@@H](NS1=O)C1(CCN(c2ncc(I)c4nncn24)CC1)C3. The Morgan fingerprint density at radius 2 is 2.07 bits per heavy atom. The van der Waals surface area contributed by atoms with E-state index >= 15 is 0 Å². The van der Waals surface area contributed by atoms with Gasteiger partial charge in [0.05, 0.1) is 14.4 Å². The topological polar surface area (TPSA) is 88.3 Å². The largest absolute Gasteiger partial charge is 0.342 e. The molecule has 1 unspecified atom stereocenters. The molecule has 156 valence electrons. The Labute approximate surface area is 190 Å². The normalized spacial score (nSPS) is 26.3. The number of rotatable bonds is 1. The van der Waals surface area contributed by atoms with E-state index in [-0.39, 0.29) is 11.5 Å². The van der Waals surface area contributed by atoms with Crippen molar-refractivity contribution in [2.75, 3.05) is 18.0 Å². The maximum absolute atomic E-state index is 13.1. The number of nitrogens with one attached hydrogen (secondary N) is 1. The Morgan fingerprint density at radius 1 is 1.27 bits per heavy atom. The van der Waals surface area contributed by atoms with E-state index in [0.29, 0.717) is 0 Å². The summed E-state index contributed by atoms with van der Waals surface area (Å²) in [7, 11) is -1.12. The van der Waals surface area contributed by atoms with Crippen molar-refractivity contribution >= 4 is 45.2 Å². The molecule has 1 spiro atoms. The molecule has 1 aliphatic carbocycles.